The summed E-state index contributed by atoms with van der Waals surface area (Å²) in [6.07, 6.45) is 5.93. The van der Waals surface area contributed by atoms with Crippen molar-refractivity contribution in [3.63, 3.8) is 0 Å². The Morgan fingerprint density at radius 1 is 1.00 bits per heavy atom. The second-order valence-electron chi connectivity index (χ2n) is 6.74. The molecule has 6 nitrogen and oxygen atoms in total. The molecule has 0 bridgehead atoms. The van der Waals surface area contributed by atoms with Crippen molar-refractivity contribution in [1.29, 1.82) is 0 Å². The Labute approximate surface area is 142 Å². The summed E-state index contributed by atoms with van der Waals surface area (Å²) in [5.74, 6) is -0.245. The number of hydrogen-bond donors (Lipinski definition) is 3. The average Bonchev–Trinajstić information content (AvgIpc) is 3.12. The van der Waals surface area contributed by atoms with Gasteiger partial charge in [0.2, 0.25) is 5.91 Å². The first-order valence-corrected chi connectivity index (χ1v) is 8.70. The van der Waals surface area contributed by atoms with Crippen LogP contribution >= 0.6 is 0 Å². The van der Waals surface area contributed by atoms with Gasteiger partial charge in [-0.2, -0.15) is 0 Å². The normalized spacial score (nSPS) is 22.8. The number of ether oxygens (including phenoxy) is 1. The molecule has 0 spiro atoms. The lowest BCUT2D eigenvalue weighted by atomic mass is 9.82. The zero-order valence-electron chi connectivity index (χ0n) is 13.8. The quantitative estimate of drug-likeness (QED) is 0.790. The van der Waals surface area contributed by atoms with Crippen LogP contribution in [0.25, 0.3) is 0 Å². The van der Waals surface area contributed by atoms with Crippen molar-refractivity contribution in [2.24, 2.45) is 5.73 Å². The molecule has 3 rings (SSSR count). The molecule has 1 saturated carbocycles. The minimum Gasteiger partial charge on any atom is -0.368 e. The van der Waals surface area contributed by atoms with Crippen molar-refractivity contribution >= 4 is 23.2 Å². The van der Waals surface area contributed by atoms with Crippen LogP contribution in [0.3, 0.4) is 0 Å². The van der Waals surface area contributed by atoms with Crippen LogP contribution < -0.4 is 16.4 Å². The Morgan fingerprint density at radius 3 is 2.21 bits per heavy atom. The monoisotopic (exact) mass is 331 g/mol. The van der Waals surface area contributed by atoms with Gasteiger partial charge in [0.15, 0.2) is 0 Å². The van der Waals surface area contributed by atoms with Gasteiger partial charge in [-0.3, -0.25) is 9.59 Å². The predicted octanol–water partition coefficient (Wildman–Crippen LogP) is 2.40. The minimum absolute atomic E-state index is 0.118. The van der Waals surface area contributed by atoms with Crippen LogP contribution in [-0.4, -0.2) is 30.1 Å². The second kappa shape index (κ2) is 7.32. The highest BCUT2D eigenvalue weighted by Crippen LogP contribution is 2.27. The number of anilines is 2. The number of rotatable bonds is 4. The van der Waals surface area contributed by atoms with E-state index in [-0.39, 0.29) is 17.9 Å². The van der Waals surface area contributed by atoms with Gasteiger partial charge in [0.25, 0.3) is 5.91 Å². The summed E-state index contributed by atoms with van der Waals surface area (Å²) in [6, 6.07) is 7.09. The molecule has 24 heavy (non-hydrogen) atoms. The van der Waals surface area contributed by atoms with Crippen LogP contribution in [0, 0.1) is 0 Å². The summed E-state index contributed by atoms with van der Waals surface area (Å²) in [5.41, 5.74) is 6.85. The van der Waals surface area contributed by atoms with E-state index in [1.54, 1.807) is 24.3 Å². The van der Waals surface area contributed by atoms with Crippen molar-refractivity contribution in [3.05, 3.63) is 24.3 Å². The zero-order chi connectivity index (χ0) is 17.0. The number of carbonyl (C=O) groups is 2. The van der Waals surface area contributed by atoms with Gasteiger partial charge in [0.1, 0.15) is 6.10 Å². The molecule has 1 aliphatic heterocycles. The highest BCUT2D eigenvalue weighted by molar-refractivity contribution is 5.98. The molecule has 1 saturated heterocycles. The van der Waals surface area contributed by atoms with Crippen LogP contribution in [0.2, 0.25) is 0 Å². The van der Waals surface area contributed by atoms with Gasteiger partial charge in [-0.1, -0.05) is 19.3 Å². The molecule has 2 fully saturated rings. The van der Waals surface area contributed by atoms with Crippen LogP contribution in [0.5, 0.6) is 0 Å². The third kappa shape index (κ3) is 3.94. The van der Waals surface area contributed by atoms with E-state index in [9.17, 15) is 9.59 Å². The summed E-state index contributed by atoms with van der Waals surface area (Å²) in [4.78, 5) is 24.4. The summed E-state index contributed by atoms with van der Waals surface area (Å²) in [5, 5.41) is 5.72. The maximum atomic E-state index is 12.4. The van der Waals surface area contributed by atoms with Gasteiger partial charge < -0.3 is 21.1 Å². The number of nitrogens with two attached hydrogens (primary N) is 1. The maximum absolute atomic E-state index is 12.4. The number of hydrogen-bond acceptors (Lipinski definition) is 4. The average molecular weight is 331 g/mol. The molecule has 1 unspecified atom stereocenters. The molecule has 4 N–H and O–H groups in total. The largest absolute Gasteiger partial charge is 0.368 e. The molecular formula is C18H25N3O3. The number of benzene rings is 1. The molecule has 130 valence electrons. The molecule has 1 atom stereocenters. The highest BCUT2D eigenvalue weighted by Gasteiger charge is 2.35. The van der Waals surface area contributed by atoms with E-state index < -0.39 is 5.54 Å². The maximum Gasteiger partial charge on any atom is 0.253 e. The van der Waals surface area contributed by atoms with E-state index in [0.717, 1.165) is 44.9 Å². The standard InChI is InChI=1S/C18H25N3O3/c19-18(10-2-1-3-11-18)17(23)21-14-8-6-13(7-9-14)20-16(22)15-5-4-12-24-15/h6-9,15H,1-5,10-12,19H2,(H,20,22)(H,21,23). The van der Waals surface area contributed by atoms with Gasteiger partial charge in [0.05, 0.1) is 5.54 Å². The van der Waals surface area contributed by atoms with E-state index in [4.69, 9.17) is 10.5 Å². The Hall–Kier alpha value is -1.92. The number of carbonyl (C=O) groups excluding carboxylic acids is 2. The predicted molar refractivity (Wildman–Crippen MR) is 92.7 cm³/mol. The molecular weight excluding hydrogens is 306 g/mol. The number of nitrogens with one attached hydrogen (secondary N) is 2. The fourth-order valence-electron chi connectivity index (χ4n) is 3.31. The molecule has 2 amide bonds. The molecule has 1 aromatic carbocycles. The first kappa shape index (κ1) is 16.9. The molecule has 1 heterocycles. The molecule has 1 aliphatic carbocycles. The van der Waals surface area contributed by atoms with E-state index in [1.807, 2.05) is 0 Å². The van der Waals surface area contributed by atoms with Crippen molar-refractivity contribution in [3.8, 4) is 0 Å². The van der Waals surface area contributed by atoms with E-state index >= 15 is 0 Å². The van der Waals surface area contributed by atoms with Crippen LogP contribution in [0.4, 0.5) is 11.4 Å². The Balaban J connectivity index is 1.56. The Kier molecular flexibility index (Phi) is 5.16. The first-order valence-electron chi connectivity index (χ1n) is 8.70. The molecule has 0 aromatic heterocycles. The summed E-state index contributed by atoms with van der Waals surface area (Å²) in [7, 11) is 0. The van der Waals surface area contributed by atoms with Gasteiger partial charge in [0, 0.05) is 18.0 Å². The van der Waals surface area contributed by atoms with Crippen LogP contribution in [-0.2, 0) is 14.3 Å². The summed E-state index contributed by atoms with van der Waals surface area (Å²) < 4.78 is 5.36. The zero-order valence-corrected chi connectivity index (χ0v) is 13.8. The molecule has 1 aromatic rings. The fraction of sp³-hybridized carbons (Fsp3) is 0.556. The van der Waals surface area contributed by atoms with E-state index in [0.29, 0.717) is 18.0 Å². The van der Waals surface area contributed by atoms with Crippen molar-refractivity contribution in [2.75, 3.05) is 17.2 Å². The summed E-state index contributed by atoms with van der Waals surface area (Å²) in [6.45, 7) is 0.643. The smallest absolute Gasteiger partial charge is 0.253 e. The van der Waals surface area contributed by atoms with E-state index in [1.165, 1.54) is 0 Å². The Morgan fingerprint density at radius 2 is 1.62 bits per heavy atom. The highest BCUT2D eigenvalue weighted by atomic mass is 16.5. The molecule has 2 aliphatic rings. The van der Waals surface area contributed by atoms with Crippen LogP contribution in [0.15, 0.2) is 24.3 Å². The number of amides is 2. The lowest BCUT2D eigenvalue weighted by molar-refractivity contribution is -0.124. The fourth-order valence-corrected chi connectivity index (χ4v) is 3.31. The van der Waals surface area contributed by atoms with E-state index in [2.05, 4.69) is 10.6 Å². The van der Waals surface area contributed by atoms with Gasteiger partial charge in [-0.05, 0) is 49.9 Å². The second-order valence-corrected chi connectivity index (χ2v) is 6.74. The first-order chi connectivity index (χ1) is 11.6. The van der Waals surface area contributed by atoms with Gasteiger partial charge in [-0.25, -0.2) is 0 Å². The lowest BCUT2D eigenvalue weighted by Gasteiger charge is -2.31. The van der Waals surface area contributed by atoms with Crippen molar-refractivity contribution < 1.29 is 14.3 Å². The third-order valence-corrected chi connectivity index (χ3v) is 4.83. The molecule has 0 radical (unpaired) electrons. The lowest BCUT2D eigenvalue weighted by Crippen LogP contribution is -2.52. The summed E-state index contributed by atoms with van der Waals surface area (Å²) >= 11 is 0. The molecule has 6 heteroatoms. The SMILES string of the molecule is NC1(C(=O)Nc2ccc(NC(=O)C3CCCO3)cc2)CCCCC1. The van der Waals surface area contributed by atoms with Crippen molar-refractivity contribution in [2.45, 2.75) is 56.6 Å². The topological polar surface area (TPSA) is 93.5 Å². The van der Waals surface area contributed by atoms with Crippen LogP contribution in [0.1, 0.15) is 44.9 Å². The Bertz CT molecular complexity index is 588. The minimum atomic E-state index is -0.759. The van der Waals surface area contributed by atoms with Gasteiger partial charge >= 0.3 is 0 Å². The van der Waals surface area contributed by atoms with Gasteiger partial charge in [-0.15, -0.1) is 0 Å². The van der Waals surface area contributed by atoms with Crippen molar-refractivity contribution in [1.82, 2.24) is 0 Å². The third-order valence-electron chi connectivity index (χ3n) is 4.83.